The number of carboxylic acids is 1. The molecular formula is C12H23NO2. The van der Waals surface area contributed by atoms with Crippen LogP contribution >= 0.6 is 0 Å². The van der Waals surface area contributed by atoms with Crippen molar-refractivity contribution in [3.63, 3.8) is 0 Å². The molecule has 3 heteroatoms. The Morgan fingerprint density at radius 2 is 2.07 bits per heavy atom. The largest absolute Gasteiger partial charge is 0.478 e. The Hall–Kier alpha value is -0.990. The van der Waals surface area contributed by atoms with Crippen molar-refractivity contribution in [1.82, 2.24) is 5.32 Å². The number of hydrogen-bond donors (Lipinski definition) is 2. The van der Waals surface area contributed by atoms with Gasteiger partial charge in [-0.2, -0.15) is 0 Å². The maximum absolute atomic E-state index is 10.2. The second kappa shape index (κ2) is 7.32. The van der Waals surface area contributed by atoms with Gasteiger partial charge in [-0.05, 0) is 11.8 Å². The summed E-state index contributed by atoms with van der Waals surface area (Å²) in [5.74, 6) is -0.911. The van der Waals surface area contributed by atoms with Crippen LogP contribution in [0.3, 0.4) is 0 Å². The molecule has 0 amide bonds. The molecule has 0 fully saturated rings. The first-order valence-electron chi connectivity index (χ1n) is 5.61. The molecule has 0 radical (unpaired) electrons. The Labute approximate surface area is 92.6 Å². The van der Waals surface area contributed by atoms with Gasteiger partial charge in [0.1, 0.15) is 0 Å². The van der Waals surface area contributed by atoms with E-state index >= 15 is 0 Å². The number of hydrogen-bond acceptors (Lipinski definition) is 2. The molecule has 0 atom stereocenters. The van der Waals surface area contributed by atoms with E-state index in [1.807, 2.05) is 0 Å². The smallest absolute Gasteiger partial charge is 0.329 e. The Balaban J connectivity index is 3.68. The van der Waals surface area contributed by atoms with Gasteiger partial charge in [0.15, 0.2) is 0 Å². The number of carbonyl (C=O) groups is 1. The molecule has 0 aliphatic heterocycles. The van der Waals surface area contributed by atoms with Crippen molar-refractivity contribution in [2.24, 2.45) is 5.41 Å². The van der Waals surface area contributed by atoms with Crippen molar-refractivity contribution < 1.29 is 9.90 Å². The van der Waals surface area contributed by atoms with Crippen LogP contribution in [0.15, 0.2) is 12.3 Å². The Bertz CT molecular complexity index is 210. The summed E-state index contributed by atoms with van der Waals surface area (Å²) in [6.07, 6.45) is 7.56. The van der Waals surface area contributed by atoms with Crippen molar-refractivity contribution in [3.8, 4) is 0 Å². The van der Waals surface area contributed by atoms with E-state index < -0.39 is 5.97 Å². The zero-order valence-electron chi connectivity index (χ0n) is 10.0. The van der Waals surface area contributed by atoms with E-state index in [1.165, 1.54) is 31.9 Å². The van der Waals surface area contributed by atoms with Gasteiger partial charge in [-0.25, -0.2) is 4.79 Å². The summed E-state index contributed by atoms with van der Waals surface area (Å²) in [6.45, 7) is 7.41. The van der Waals surface area contributed by atoms with Crippen molar-refractivity contribution in [2.75, 3.05) is 6.54 Å². The monoisotopic (exact) mass is 213 g/mol. The predicted octanol–water partition coefficient (Wildman–Crippen LogP) is 2.78. The molecule has 0 aromatic heterocycles. The minimum atomic E-state index is -0.911. The maximum Gasteiger partial charge on any atom is 0.329 e. The lowest BCUT2D eigenvalue weighted by Crippen LogP contribution is -2.26. The molecule has 3 nitrogen and oxygen atoms in total. The molecule has 0 aliphatic carbocycles. The lowest BCUT2D eigenvalue weighted by Gasteiger charge is -2.24. The molecule has 0 aromatic carbocycles. The molecule has 0 aromatic rings. The van der Waals surface area contributed by atoms with Crippen LogP contribution in [0, 0.1) is 5.41 Å². The highest BCUT2D eigenvalue weighted by Gasteiger charge is 2.15. The van der Waals surface area contributed by atoms with E-state index in [2.05, 4.69) is 26.1 Å². The normalized spacial score (nSPS) is 11.9. The topological polar surface area (TPSA) is 49.3 Å². The molecule has 88 valence electrons. The minimum absolute atomic E-state index is 0.234. The average molecular weight is 213 g/mol. The Kier molecular flexibility index (Phi) is 6.84. The summed E-state index contributed by atoms with van der Waals surface area (Å²) in [4.78, 5) is 10.2. The van der Waals surface area contributed by atoms with Gasteiger partial charge in [0.2, 0.25) is 0 Å². The zero-order chi connectivity index (χ0) is 11.7. The molecule has 0 spiro atoms. The molecule has 0 saturated heterocycles. The van der Waals surface area contributed by atoms with Crippen LogP contribution in [-0.4, -0.2) is 17.6 Å². The number of aliphatic carboxylic acids is 1. The molecule has 0 heterocycles. The minimum Gasteiger partial charge on any atom is -0.478 e. The number of nitrogens with one attached hydrogen (secondary N) is 1. The van der Waals surface area contributed by atoms with Gasteiger partial charge < -0.3 is 10.4 Å². The van der Waals surface area contributed by atoms with E-state index in [1.54, 1.807) is 0 Å². The zero-order valence-corrected chi connectivity index (χ0v) is 10.0. The summed E-state index contributed by atoms with van der Waals surface area (Å²) >= 11 is 0. The highest BCUT2D eigenvalue weighted by atomic mass is 16.4. The van der Waals surface area contributed by atoms with Crippen LogP contribution < -0.4 is 5.32 Å². The van der Waals surface area contributed by atoms with Crippen molar-refractivity contribution in [2.45, 2.75) is 46.5 Å². The van der Waals surface area contributed by atoms with Crippen LogP contribution in [0.1, 0.15) is 46.5 Å². The SMILES string of the molecule is CCCCCC(C)(C)CN/C=C/C(=O)O. The molecule has 0 rings (SSSR count). The summed E-state index contributed by atoms with van der Waals surface area (Å²) < 4.78 is 0. The number of carboxylic acid groups (broad SMARTS) is 1. The van der Waals surface area contributed by atoms with E-state index in [-0.39, 0.29) is 5.41 Å². The van der Waals surface area contributed by atoms with Gasteiger partial charge in [0, 0.05) is 18.8 Å². The molecule has 0 saturated carbocycles. The lowest BCUT2D eigenvalue weighted by molar-refractivity contribution is -0.131. The molecule has 0 unspecified atom stereocenters. The number of rotatable bonds is 8. The van der Waals surface area contributed by atoms with E-state index in [0.717, 1.165) is 12.6 Å². The Morgan fingerprint density at radius 3 is 2.60 bits per heavy atom. The van der Waals surface area contributed by atoms with Crippen molar-refractivity contribution in [1.29, 1.82) is 0 Å². The second-order valence-electron chi connectivity index (χ2n) is 4.67. The summed E-state index contributed by atoms with van der Waals surface area (Å²) in [7, 11) is 0. The molecule has 2 N–H and O–H groups in total. The van der Waals surface area contributed by atoms with Crippen LogP contribution in [0.2, 0.25) is 0 Å². The maximum atomic E-state index is 10.2. The van der Waals surface area contributed by atoms with E-state index in [0.29, 0.717) is 0 Å². The molecular weight excluding hydrogens is 190 g/mol. The van der Waals surface area contributed by atoms with Gasteiger partial charge in [0.05, 0.1) is 0 Å². The van der Waals surface area contributed by atoms with Crippen molar-refractivity contribution in [3.05, 3.63) is 12.3 Å². The third-order valence-corrected chi connectivity index (χ3v) is 2.38. The molecule has 0 bridgehead atoms. The first-order chi connectivity index (χ1) is 6.98. The third-order valence-electron chi connectivity index (χ3n) is 2.38. The fraction of sp³-hybridized carbons (Fsp3) is 0.750. The van der Waals surface area contributed by atoms with Crippen LogP contribution in [0.5, 0.6) is 0 Å². The van der Waals surface area contributed by atoms with Crippen LogP contribution in [0.4, 0.5) is 0 Å². The fourth-order valence-corrected chi connectivity index (χ4v) is 1.41. The highest BCUT2D eigenvalue weighted by Crippen LogP contribution is 2.22. The quantitative estimate of drug-likeness (QED) is 0.481. The number of unbranched alkanes of at least 4 members (excludes halogenated alkanes) is 2. The molecule has 15 heavy (non-hydrogen) atoms. The van der Waals surface area contributed by atoms with Gasteiger partial charge in [-0.3, -0.25) is 0 Å². The molecule has 0 aliphatic rings. The van der Waals surface area contributed by atoms with Gasteiger partial charge in [0.25, 0.3) is 0 Å². The Morgan fingerprint density at radius 1 is 1.40 bits per heavy atom. The fourth-order valence-electron chi connectivity index (χ4n) is 1.41. The first kappa shape index (κ1) is 14.0. The van der Waals surface area contributed by atoms with Gasteiger partial charge in [-0.1, -0.05) is 40.0 Å². The summed E-state index contributed by atoms with van der Waals surface area (Å²) in [5.41, 5.74) is 0.234. The third kappa shape index (κ3) is 9.32. The summed E-state index contributed by atoms with van der Waals surface area (Å²) in [5, 5.41) is 11.4. The van der Waals surface area contributed by atoms with Crippen LogP contribution in [0.25, 0.3) is 0 Å². The van der Waals surface area contributed by atoms with Crippen molar-refractivity contribution >= 4 is 5.97 Å². The van der Waals surface area contributed by atoms with Crippen LogP contribution in [-0.2, 0) is 4.79 Å². The van der Waals surface area contributed by atoms with Gasteiger partial charge >= 0.3 is 5.97 Å². The second-order valence-corrected chi connectivity index (χ2v) is 4.67. The first-order valence-corrected chi connectivity index (χ1v) is 5.61. The lowest BCUT2D eigenvalue weighted by atomic mass is 9.87. The highest BCUT2D eigenvalue weighted by molar-refractivity contribution is 5.79. The predicted molar refractivity (Wildman–Crippen MR) is 62.7 cm³/mol. The van der Waals surface area contributed by atoms with E-state index in [9.17, 15) is 4.79 Å². The van der Waals surface area contributed by atoms with E-state index in [4.69, 9.17) is 5.11 Å². The summed E-state index contributed by atoms with van der Waals surface area (Å²) in [6, 6.07) is 0. The van der Waals surface area contributed by atoms with Gasteiger partial charge in [-0.15, -0.1) is 0 Å². The average Bonchev–Trinajstić information content (AvgIpc) is 2.13. The standard InChI is InChI=1S/C12H23NO2/c1-4-5-6-8-12(2,3)10-13-9-7-11(14)15/h7,9,13H,4-6,8,10H2,1-3H3,(H,14,15)/b9-7+.